The number of benzene rings is 1. The van der Waals surface area contributed by atoms with Gasteiger partial charge in [-0.3, -0.25) is 19.2 Å². The lowest BCUT2D eigenvalue weighted by molar-refractivity contribution is -0.142. The summed E-state index contributed by atoms with van der Waals surface area (Å²) in [6.45, 7) is 4.13. The van der Waals surface area contributed by atoms with Gasteiger partial charge in [0.05, 0.1) is 12.6 Å². The summed E-state index contributed by atoms with van der Waals surface area (Å²) in [7, 11) is 0. The topological polar surface area (TPSA) is 187 Å². The molecule has 0 saturated carbocycles. The molecule has 1 aromatic carbocycles. The predicted molar refractivity (Wildman–Crippen MR) is 126 cm³/mol. The van der Waals surface area contributed by atoms with Gasteiger partial charge in [0.15, 0.2) is 0 Å². The van der Waals surface area contributed by atoms with Gasteiger partial charge >= 0.3 is 5.97 Å². The number of nitrogens with two attached hydrogens (primary N) is 1. The van der Waals surface area contributed by atoms with Crippen molar-refractivity contribution < 1.29 is 29.4 Å². The highest BCUT2D eigenvalue weighted by atomic mass is 16.4. The van der Waals surface area contributed by atoms with E-state index in [2.05, 4.69) is 20.9 Å². The Balaban J connectivity index is 2.03. The third-order valence-corrected chi connectivity index (χ3v) is 5.79. The lowest BCUT2D eigenvalue weighted by atomic mass is 9.97. The van der Waals surface area contributed by atoms with Gasteiger partial charge in [-0.2, -0.15) is 0 Å². The summed E-state index contributed by atoms with van der Waals surface area (Å²) in [5.41, 5.74) is 7.79. The highest BCUT2D eigenvalue weighted by molar-refractivity contribution is 5.94. The predicted octanol–water partition coefficient (Wildman–Crippen LogP) is -0.365. The zero-order chi connectivity index (χ0) is 25.4. The molecule has 11 heteroatoms. The van der Waals surface area contributed by atoms with E-state index in [0.29, 0.717) is 6.42 Å². The molecule has 34 heavy (non-hydrogen) atoms. The quantitative estimate of drug-likeness (QED) is 0.218. The molecule has 8 N–H and O–H groups in total. The number of rotatable bonds is 12. The Kier molecular flexibility index (Phi) is 9.58. The zero-order valence-corrected chi connectivity index (χ0v) is 19.5. The number of carbonyl (C=O) groups is 4. The van der Waals surface area contributed by atoms with E-state index in [0.717, 1.165) is 16.5 Å². The molecule has 0 aliphatic heterocycles. The zero-order valence-electron chi connectivity index (χ0n) is 19.5. The first-order chi connectivity index (χ1) is 16.1. The Morgan fingerprint density at radius 2 is 1.71 bits per heavy atom. The first kappa shape index (κ1) is 26.8. The van der Waals surface area contributed by atoms with E-state index in [9.17, 15) is 24.3 Å². The fraction of sp³-hybridized carbons (Fsp3) is 0.478. The molecule has 1 aromatic heterocycles. The maximum absolute atomic E-state index is 12.8. The second-order valence-corrected chi connectivity index (χ2v) is 8.35. The molecule has 2 aromatic rings. The molecule has 0 bridgehead atoms. The van der Waals surface area contributed by atoms with Crippen molar-refractivity contribution in [1.82, 2.24) is 20.9 Å². The van der Waals surface area contributed by atoms with Crippen LogP contribution in [0.5, 0.6) is 0 Å². The number of hydrogen-bond donors (Lipinski definition) is 7. The largest absolute Gasteiger partial charge is 0.480 e. The Labute approximate surface area is 197 Å². The Morgan fingerprint density at radius 3 is 2.32 bits per heavy atom. The van der Waals surface area contributed by atoms with Crippen molar-refractivity contribution in [3.8, 4) is 0 Å². The standard InChI is InChI=1S/C23H33N5O6/c1-4-12(2)19(22(32)26-13(3)23(33)34)28-21(31)18(11-29)27-20(30)16(24)9-14-10-25-17-8-6-5-7-15(14)17/h5-8,10,12-13,16,18-19,25,29H,4,9,11,24H2,1-3H3,(H,26,32)(H,27,30)(H,28,31)(H,33,34). The van der Waals surface area contributed by atoms with Gasteiger partial charge in [-0.15, -0.1) is 0 Å². The van der Waals surface area contributed by atoms with Gasteiger partial charge in [-0.1, -0.05) is 38.5 Å². The third kappa shape index (κ3) is 6.78. The molecule has 2 rings (SSSR count). The number of H-pyrrole nitrogens is 1. The Bertz CT molecular complexity index is 1020. The lowest BCUT2D eigenvalue weighted by Gasteiger charge is -2.27. The summed E-state index contributed by atoms with van der Waals surface area (Å²) in [4.78, 5) is 52.1. The monoisotopic (exact) mass is 475 g/mol. The summed E-state index contributed by atoms with van der Waals surface area (Å²) >= 11 is 0. The number of carbonyl (C=O) groups excluding carboxylic acids is 3. The van der Waals surface area contributed by atoms with E-state index >= 15 is 0 Å². The molecule has 11 nitrogen and oxygen atoms in total. The van der Waals surface area contributed by atoms with Crippen molar-refractivity contribution in [3.05, 3.63) is 36.0 Å². The van der Waals surface area contributed by atoms with E-state index in [1.54, 1.807) is 13.1 Å². The molecule has 5 atom stereocenters. The van der Waals surface area contributed by atoms with Crippen LogP contribution in [0.2, 0.25) is 0 Å². The minimum Gasteiger partial charge on any atom is -0.480 e. The maximum Gasteiger partial charge on any atom is 0.325 e. The van der Waals surface area contributed by atoms with Crippen LogP contribution in [0, 0.1) is 5.92 Å². The van der Waals surface area contributed by atoms with Gasteiger partial charge in [0, 0.05) is 17.1 Å². The normalized spacial score (nSPS) is 15.6. The number of carboxylic acids is 1. The molecular weight excluding hydrogens is 442 g/mol. The molecule has 186 valence electrons. The second-order valence-electron chi connectivity index (χ2n) is 8.35. The van der Waals surface area contributed by atoms with Crippen LogP contribution in [-0.2, 0) is 25.6 Å². The van der Waals surface area contributed by atoms with E-state index in [1.165, 1.54) is 6.92 Å². The van der Waals surface area contributed by atoms with Gasteiger partial charge in [-0.25, -0.2) is 0 Å². The molecule has 0 spiro atoms. The summed E-state index contributed by atoms with van der Waals surface area (Å²) in [6.07, 6.45) is 2.49. The van der Waals surface area contributed by atoms with Crippen LogP contribution < -0.4 is 21.7 Å². The number of aliphatic hydroxyl groups is 1. The van der Waals surface area contributed by atoms with Crippen molar-refractivity contribution >= 4 is 34.6 Å². The Morgan fingerprint density at radius 1 is 1.03 bits per heavy atom. The van der Waals surface area contributed by atoms with Crippen LogP contribution in [0.25, 0.3) is 10.9 Å². The van der Waals surface area contributed by atoms with Crippen molar-refractivity contribution in [2.45, 2.75) is 57.8 Å². The van der Waals surface area contributed by atoms with E-state index < -0.39 is 54.5 Å². The molecule has 1 heterocycles. The number of fused-ring (bicyclic) bond motifs is 1. The molecule has 0 aliphatic carbocycles. The molecule has 0 saturated heterocycles. The van der Waals surface area contributed by atoms with Crippen LogP contribution in [0.3, 0.4) is 0 Å². The number of para-hydroxylation sites is 1. The van der Waals surface area contributed by atoms with Crippen LogP contribution >= 0.6 is 0 Å². The van der Waals surface area contributed by atoms with Gasteiger partial charge in [0.25, 0.3) is 0 Å². The lowest BCUT2D eigenvalue weighted by Crippen LogP contribution is -2.59. The maximum atomic E-state index is 12.8. The third-order valence-electron chi connectivity index (χ3n) is 5.79. The molecule has 3 amide bonds. The number of aromatic nitrogens is 1. The van der Waals surface area contributed by atoms with Crippen molar-refractivity contribution in [2.24, 2.45) is 11.7 Å². The minimum atomic E-state index is -1.34. The van der Waals surface area contributed by atoms with Crippen LogP contribution in [0.1, 0.15) is 32.8 Å². The van der Waals surface area contributed by atoms with Gasteiger partial charge in [0.2, 0.25) is 17.7 Å². The second kappa shape index (κ2) is 12.1. The fourth-order valence-electron chi connectivity index (χ4n) is 3.42. The summed E-state index contributed by atoms with van der Waals surface area (Å²) in [6, 6.07) is 3.05. The molecule has 5 unspecified atom stereocenters. The SMILES string of the molecule is CCC(C)C(NC(=O)C(CO)NC(=O)C(N)Cc1c[nH]c2ccccc12)C(=O)NC(C)C(=O)O. The average molecular weight is 476 g/mol. The number of carboxylic acid groups (broad SMARTS) is 1. The molecule has 0 aliphatic rings. The fourth-order valence-corrected chi connectivity index (χ4v) is 3.42. The van der Waals surface area contributed by atoms with Crippen LogP contribution in [0.4, 0.5) is 0 Å². The highest BCUT2D eigenvalue weighted by Crippen LogP contribution is 2.18. The number of aromatic amines is 1. The summed E-state index contributed by atoms with van der Waals surface area (Å²) in [5, 5.41) is 26.9. The number of aliphatic carboxylic acids is 1. The highest BCUT2D eigenvalue weighted by Gasteiger charge is 2.31. The molecular formula is C23H33N5O6. The van der Waals surface area contributed by atoms with Gasteiger partial charge < -0.3 is 36.9 Å². The van der Waals surface area contributed by atoms with E-state index in [1.807, 2.05) is 31.2 Å². The summed E-state index contributed by atoms with van der Waals surface area (Å²) in [5.74, 6) is -3.63. The molecule has 0 radical (unpaired) electrons. The average Bonchev–Trinajstić information content (AvgIpc) is 3.22. The molecule has 0 fully saturated rings. The van der Waals surface area contributed by atoms with Crippen molar-refractivity contribution in [2.75, 3.05) is 6.61 Å². The number of aliphatic hydroxyl groups excluding tert-OH is 1. The van der Waals surface area contributed by atoms with Crippen molar-refractivity contribution in [1.29, 1.82) is 0 Å². The first-order valence-electron chi connectivity index (χ1n) is 11.1. The number of amides is 3. The number of nitrogens with one attached hydrogen (secondary N) is 4. The minimum absolute atomic E-state index is 0.209. The van der Waals surface area contributed by atoms with Crippen molar-refractivity contribution in [3.63, 3.8) is 0 Å². The number of hydrogen-bond acceptors (Lipinski definition) is 6. The summed E-state index contributed by atoms with van der Waals surface area (Å²) < 4.78 is 0. The Hall–Kier alpha value is -3.44. The smallest absolute Gasteiger partial charge is 0.325 e. The van der Waals surface area contributed by atoms with Crippen LogP contribution in [-0.4, -0.2) is 69.7 Å². The van der Waals surface area contributed by atoms with Gasteiger partial charge in [0.1, 0.15) is 18.1 Å². The van der Waals surface area contributed by atoms with E-state index in [-0.39, 0.29) is 12.3 Å². The van der Waals surface area contributed by atoms with Crippen LogP contribution in [0.15, 0.2) is 30.5 Å². The first-order valence-corrected chi connectivity index (χ1v) is 11.1. The van der Waals surface area contributed by atoms with E-state index in [4.69, 9.17) is 10.8 Å². The van der Waals surface area contributed by atoms with Gasteiger partial charge in [-0.05, 0) is 30.9 Å².